The SMILES string of the molecule is [B]c1cc(COc2cc3n(c(=O)n2)CCc2cc(OC)ccc2-3)ccc1Oc1cccc(C(F)(F)F)c1. The van der Waals surface area contributed by atoms with Gasteiger partial charge in [-0.1, -0.05) is 23.7 Å². The van der Waals surface area contributed by atoms with Gasteiger partial charge in [0.25, 0.3) is 0 Å². The Morgan fingerprint density at radius 2 is 1.86 bits per heavy atom. The quantitative estimate of drug-likeness (QED) is 0.358. The molecule has 2 heterocycles. The van der Waals surface area contributed by atoms with Crippen molar-refractivity contribution < 1.29 is 27.4 Å². The maximum atomic E-state index is 13.0. The number of methoxy groups -OCH3 is 1. The van der Waals surface area contributed by atoms with Gasteiger partial charge in [-0.15, -0.1) is 0 Å². The van der Waals surface area contributed by atoms with Crippen LogP contribution in [0.1, 0.15) is 16.7 Å². The number of ether oxygens (including phenoxy) is 3. The topological polar surface area (TPSA) is 62.6 Å². The van der Waals surface area contributed by atoms with Crippen molar-refractivity contribution in [2.75, 3.05) is 7.11 Å². The minimum absolute atomic E-state index is 0.0159. The Labute approximate surface area is 211 Å². The standard InChI is InChI=1S/C27H20BF3N2O4/c1-35-19-6-7-21-17(12-19)9-10-33-23(21)14-25(32-26(33)34)36-15-16-5-8-24(22(28)11-16)37-20-4-2-3-18(13-20)27(29,30)31/h2-8,11-14H,9-10,15H2,1H3. The van der Waals surface area contributed by atoms with E-state index in [4.69, 9.17) is 22.1 Å². The van der Waals surface area contributed by atoms with E-state index in [1.165, 1.54) is 12.1 Å². The predicted molar refractivity (Wildman–Crippen MR) is 132 cm³/mol. The van der Waals surface area contributed by atoms with Gasteiger partial charge in [-0.2, -0.15) is 18.2 Å². The number of aryl methyl sites for hydroxylation is 1. The van der Waals surface area contributed by atoms with Crippen LogP contribution in [0.2, 0.25) is 0 Å². The third-order valence-electron chi connectivity index (χ3n) is 6.03. The molecule has 37 heavy (non-hydrogen) atoms. The minimum atomic E-state index is -4.48. The Balaban J connectivity index is 1.32. The van der Waals surface area contributed by atoms with Gasteiger partial charge in [-0.25, -0.2) is 4.79 Å². The van der Waals surface area contributed by atoms with Gasteiger partial charge in [0.15, 0.2) is 0 Å². The lowest BCUT2D eigenvalue weighted by molar-refractivity contribution is -0.137. The van der Waals surface area contributed by atoms with Crippen LogP contribution in [0.4, 0.5) is 13.2 Å². The highest BCUT2D eigenvalue weighted by Gasteiger charge is 2.30. The van der Waals surface area contributed by atoms with E-state index in [2.05, 4.69) is 4.98 Å². The van der Waals surface area contributed by atoms with Gasteiger partial charge in [0, 0.05) is 18.2 Å². The molecule has 0 fully saturated rings. The second-order valence-corrected chi connectivity index (χ2v) is 8.48. The smallest absolute Gasteiger partial charge is 0.416 e. The van der Waals surface area contributed by atoms with Crippen LogP contribution in [0.15, 0.2) is 71.5 Å². The molecule has 10 heteroatoms. The number of aromatic nitrogens is 2. The summed E-state index contributed by atoms with van der Waals surface area (Å²) in [6, 6.07) is 16.8. The van der Waals surface area contributed by atoms with E-state index < -0.39 is 17.4 Å². The number of alkyl halides is 3. The number of benzene rings is 3. The molecule has 0 saturated heterocycles. The highest BCUT2D eigenvalue weighted by atomic mass is 19.4. The van der Waals surface area contributed by atoms with Crippen molar-refractivity contribution in [3.63, 3.8) is 0 Å². The first-order chi connectivity index (χ1) is 17.7. The third kappa shape index (κ3) is 5.18. The Hall–Kier alpha value is -4.21. The highest BCUT2D eigenvalue weighted by Crippen LogP contribution is 2.33. The summed E-state index contributed by atoms with van der Waals surface area (Å²) in [7, 11) is 7.68. The van der Waals surface area contributed by atoms with E-state index >= 15 is 0 Å². The number of nitrogens with zero attached hydrogens (tertiary/aromatic N) is 2. The van der Waals surface area contributed by atoms with E-state index in [0.29, 0.717) is 24.2 Å². The summed E-state index contributed by atoms with van der Waals surface area (Å²) in [5, 5.41) is 0. The first-order valence-electron chi connectivity index (χ1n) is 11.4. The minimum Gasteiger partial charge on any atom is -0.497 e. The molecule has 1 aliphatic rings. The lowest BCUT2D eigenvalue weighted by atomic mass is 9.93. The van der Waals surface area contributed by atoms with Crippen LogP contribution < -0.4 is 25.4 Å². The fourth-order valence-corrected chi connectivity index (χ4v) is 4.18. The Morgan fingerprint density at radius 1 is 1.03 bits per heavy atom. The maximum Gasteiger partial charge on any atom is 0.416 e. The zero-order valence-corrected chi connectivity index (χ0v) is 19.7. The van der Waals surface area contributed by atoms with Gasteiger partial charge in [-0.3, -0.25) is 4.57 Å². The summed E-state index contributed by atoms with van der Waals surface area (Å²) in [5.41, 5.74) is 2.36. The molecule has 0 aliphatic carbocycles. The lowest BCUT2D eigenvalue weighted by Gasteiger charge is -2.22. The van der Waals surface area contributed by atoms with Gasteiger partial charge in [0.2, 0.25) is 5.88 Å². The number of fused-ring (bicyclic) bond motifs is 3. The monoisotopic (exact) mass is 504 g/mol. The van der Waals surface area contributed by atoms with Crippen LogP contribution in [0.3, 0.4) is 0 Å². The maximum absolute atomic E-state index is 13.0. The first kappa shape index (κ1) is 24.5. The first-order valence-corrected chi connectivity index (χ1v) is 11.4. The Bertz CT molecular complexity index is 1540. The zero-order chi connectivity index (χ0) is 26.2. The van der Waals surface area contributed by atoms with Gasteiger partial charge >= 0.3 is 11.9 Å². The van der Waals surface area contributed by atoms with Crippen LogP contribution in [-0.2, 0) is 25.7 Å². The Morgan fingerprint density at radius 3 is 2.62 bits per heavy atom. The predicted octanol–water partition coefficient (Wildman–Crippen LogP) is 4.66. The van der Waals surface area contributed by atoms with Crippen LogP contribution in [-0.4, -0.2) is 24.5 Å². The molecular weight excluding hydrogens is 484 g/mol. The highest BCUT2D eigenvalue weighted by molar-refractivity contribution is 6.34. The number of rotatable bonds is 6. The fourth-order valence-electron chi connectivity index (χ4n) is 4.18. The molecule has 186 valence electrons. The second kappa shape index (κ2) is 9.69. The van der Waals surface area contributed by atoms with Crippen LogP contribution in [0.25, 0.3) is 11.3 Å². The summed E-state index contributed by atoms with van der Waals surface area (Å²) in [4.78, 5) is 16.7. The molecule has 4 aromatic rings. The van der Waals surface area contributed by atoms with E-state index in [-0.39, 0.29) is 29.4 Å². The summed E-state index contributed by atoms with van der Waals surface area (Å²) in [6.45, 7) is 0.574. The van der Waals surface area contributed by atoms with Crippen LogP contribution in [0, 0.1) is 0 Å². The molecule has 2 radical (unpaired) electrons. The molecule has 0 bridgehead atoms. The zero-order valence-electron chi connectivity index (χ0n) is 19.7. The Kier molecular flexibility index (Phi) is 6.41. The molecule has 0 spiro atoms. The molecule has 6 nitrogen and oxygen atoms in total. The van der Waals surface area contributed by atoms with Gasteiger partial charge in [0.1, 0.15) is 31.7 Å². The second-order valence-electron chi connectivity index (χ2n) is 8.48. The fraction of sp³-hybridized carbons (Fsp3) is 0.185. The molecular formula is C27H20BF3N2O4. The van der Waals surface area contributed by atoms with Gasteiger partial charge in [0.05, 0.1) is 18.4 Å². The van der Waals surface area contributed by atoms with Crippen molar-refractivity contribution in [1.29, 1.82) is 0 Å². The van der Waals surface area contributed by atoms with Crippen LogP contribution in [0.5, 0.6) is 23.1 Å². The van der Waals surface area contributed by atoms with Crippen molar-refractivity contribution in [3.8, 4) is 34.4 Å². The van der Waals surface area contributed by atoms with Crippen molar-refractivity contribution in [2.24, 2.45) is 0 Å². The number of hydrogen-bond donors (Lipinski definition) is 0. The van der Waals surface area contributed by atoms with Crippen molar-refractivity contribution in [1.82, 2.24) is 9.55 Å². The van der Waals surface area contributed by atoms with Gasteiger partial charge in [-0.05, 0) is 60.0 Å². The third-order valence-corrected chi connectivity index (χ3v) is 6.03. The van der Waals surface area contributed by atoms with E-state index in [1.807, 2.05) is 18.2 Å². The van der Waals surface area contributed by atoms with Crippen molar-refractivity contribution in [2.45, 2.75) is 25.7 Å². The molecule has 0 atom stereocenters. The average Bonchev–Trinajstić information content (AvgIpc) is 2.88. The van der Waals surface area contributed by atoms with E-state index in [1.54, 1.807) is 35.9 Å². The normalized spacial score (nSPS) is 12.4. The molecule has 0 amide bonds. The summed E-state index contributed by atoms with van der Waals surface area (Å²) >= 11 is 0. The average molecular weight is 504 g/mol. The summed E-state index contributed by atoms with van der Waals surface area (Å²) in [5.74, 6) is 1.14. The summed E-state index contributed by atoms with van der Waals surface area (Å²) < 4.78 is 57.1. The van der Waals surface area contributed by atoms with Crippen LogP contribution >= 0.6 is 0 Å². The largest absolute Gasteiger partial charge is 0.497 e. The molecule has 0 unspecified atom stereocenters. The molecule has 5 rings (SSSR count). The number of hydrogen-bond acceptors (Lipinski definition) is 5. The molecule has 3 aromatic carbocycles. The van der Waals surface area contributed by atoms with E-state index in [0.717, 1.165) is 29.0 Å². The lowest BCUT2D eigenvalue weighted by Crippen LogP contribution is -2.28. The number of halogens is 3. The molecule has 0 saturated carbocycles. The molecule has 1 aliphatic heterocycles. The summed E-state index contributed by atoms with van der Waals surface area (Å²) in [6.07, 6.45) is -3.79. The molecule has 1 aromatic heterocycles. The van der Waals surface area contributed by atoms with E-state index in [9.17, 15) is 18.0 Å². The molecule has 0 N–H and O–H groups in total. The van der Waals surface area contributed by atoms with Crippen molar-refractivity contribution in [3.05, 3.63) is 93.9 Å². The van der Waals surface area contributed by atoms with Gasteiger partial charge < -0.3 is 14.2 Å². The van der Waals surface area contributed by atoms with Crippen molar-refractivity contribution >= 4 is 13.3 Å².